The Bertz CT molecular complexity index is 991. The minimum Gasteiger partial charge on any atom is -0.492 e. The highest BCUT2D eigenvalue weighted by atomic mass is 35.5. The first-order valence-corrected chi connectivity index (χ1v) is 10.4. The van der Waals surface area contributed by atoms with Crippen molar-refractivity contribution in [2.75, 3.05) is 38.7 Å². The molecule has 0 aliphatic rings. The second-order valence-electron chi connectivity index (χ2n) is 6.42. The first-order valence-electron chi connectivity index (χ1n) is 8.84. The summed E-state index contributed by atoms with van der Waals surface area (Å²) in [6.07, 6.45) is 0. The fourth-order valence-corrected chi connectivity index (χ4v) is 4.19. The van der Waals surface area contributed by atoms with Crippen LogP contribution >= 0.6 is 34.5 Å². The van der Waals surface area contributed by atoms with E-state index in [0.717, 1.165) is 10.2 Å². The molecule has 0 spiro atoms. The average molecular weight is 438 g/mol. The molecule has 0 aliphatic heterocycles. The molecule has 3 rings (SSSR count). The number of para-hydroxylation sites is 1. The summed E-state index contributed by atoms with van der Waals surface area (Å²) in [4.78, 5) is 21.7. The van der Waals surface area contributed by atoms with Crippen LogP contribution in [0.3, 0.4) is 0 Å². The zero-order chi connectivity index (χ0) is 20.3. The van der Waals surface area contributed by atoms with Crippen LogP contribution in [-0.4, -0.2) is 49.6 Å². The molecule has 148 valence electrons. The third-order valence-electron chi connectivity index (χ3n) is 4.08. The number of carbonyl (C=O) groups excluding carboxylic acids is 1. The van der Waals surface area contributed by atoms with E-state index in [1.54, 1.807) is 23.1 Å². The Hall–Kier alpha value is -1.86. The fraction of sp³-hybridized carbons (Fsp3) is 0.300. The van der Waals surface area contributed by atoms with Gasteiger partial charge in [0.05, 0.1) is 21.9 Å². The number of halogens is 2. The van der Waals surface area contributed by atoms with E-state index in [1.165, 1.54) is 11.3 Å². The number of hydrogen-bond donors (Lipinski definition) is 0. The number of aromatic nitrogens is 1. The first kappa shape index (κ1) is 20.9. The molecule has 2 aromatic carbocycles. The van der Waals surface area contributed by atoms with Gasteiger partial charge in [0, 0.05) is 18.1 Å². The summed E-state index contributed by atoms with van der Waals surface area (Å²) in [6.45, 7) is 3.65. The van der Waals surface area contributed by atoms with Gasteiger partial charge in [-0.15, -0.1) is 0 Å². The van der Waals surface area contributed by atoms with Crippen molar-refractivity contribution in [2.24, 2.45) is 0 Å². The molecule has 1 aromatic heterocycles. The Kier molecular flexibility index (Phi) is 6.78. The van der Waals surface area contributed by atoms with Gasteiger partial charge < -0.3 is 9.64 Å². The number of carbonyl (C=O) groups is 1. The predicted molar refractivity (Wildman–Crippen MR) is 117 cm³/mol. The quantitative estimate of drug-likeness (QED) is 0.508. The summed E-state index contributed by atoms with van der Waals surface area (Å²) in [5.74, 6) is 0.507. The van der Waals surface area contributed by atoms with Gasteiger partial charge in [-0.05, 0) is 51.4 Å². The van der Waals surface area contributed by atoms with E-state index in [2.05, 4.69) is 0 Å². The standard InChI is InChI=1S/C20H21Cl2N3O2S/c1-4-27-16-6-5-7-17-18(16)23-20(28-17)25(11-10-24(2)3)19(26)14-9-8-13(21)12-15(14)22/h5-9,12H,4,10-11H2,1-3H3. The predicted octanol–water partition coefficient (Wildman–Crippen LogP) is 5.21. The van der Waals surface area contributed by atoms with Crippen LogP contribution in [0.5, 0.6) is 5.75 Å². The summed E-state index contributed by atoms with van der Waals surface area (Å²) in [6, 6.07) is 10.7. The number of nitrogens with zero attached hydrogens (tertiary/aromatic N) is 3. The molecule has 0 unspecified atom stereocenters. The monoisotopic (exact) mass is 437 g/mol. The topological polar surface area (TPSA) is 45.7 Å². The fourth-order valence-electron chi connectivity index (χ4n) is 2.69. The molecule has 0 N–H and O–H groups in total. The normalized spacial score (nSPS) is 11.2. The van der Waals surface area contributed by atoms with Crippen molar-refractivity contribution in [3.05, 3.63) is 52.0 Å². The summed E-state index contributed by atoms with van der Waals surface area (Å²) in [5.41, 5.74) is 1.16. The summed E-state index contributed by atoms with van der Waals surface area (Å²) in [5, 5.41) is 1.42. The molecular formula is C20H21Cl2N3O2S. The van der Waals surface area contributed by atoms with Crippen molar-refractivity contribution in [3.8, 4) is 5.75 Å². The first-order chi connectivity index (χ1) is 13.4. The van der Waals surface area contributed by atoms with Crippen LogP contribution in [-0.2, 0) is 0 Å². The van der Waals surface area contributed by atoms with Crippen LogP contribution < -0.4 is 9.64 Å². The van der Waals surface area contributed by atoms with Crippen LogP contribution in [0.2, 0.25) is 10.0 Å². The van der Waals surface area contributed by atoms with E-state index in [4.69, 9.17) is 32.9 Å². The molecule has 0 saturated carbocycles. The molecular weight excluding hydrogens is 417 g/mol. The van der Waals surface area contributed by atoms with Crippen molar-refractivity contribution in [2.45, 2.75) is 6.92 Å². The lowest BCUT2D eigenvalue weighted by atomic mass is 10.2. The third-order valence-corrected chi connectivity index (χ3v) is 5.67. The van der Waals surface area contributed by atoms with Gasteiger partial charge in [-0.1, -0.05) is 40.6 Å². The van der Waals surface area contributed by atoms with Gasteiger partial charge in [0.2, 0.25) is 0 Å². The van der Waals surface area contributed by atoms with Crippen molar-refractivity contribution >= 4 is 55.8 Å². The molecule has 5 nitrogen and oxygen atoms in total. The number of fused-ring (bicyclic) bond motifs is 1. The van der Waals surface area contributed by atoms with Crippen LogP contribution in [0.15, 0.2) is 36.4 Å². The van der Waals surface area contributed by atoms with Gasteiger partial charge in [0.1, 0.15) is 11.3 Å². The smallest absolute Gasteiger partial charge is 0.261 e. The van der Waals surface area contributed by atoms with Crippen molar-refractivity contribution < 1.29 is 9.53 Å². The number of thiazole rings is 1. The molecule has 0 fully saturated rings. The van der Waals surface area contributed by atoms with E-state index < -0.39 is 0 Å². The molecule has 0 saturated heterocycles. The number of ether oxygens (including phenoxy) is 1. The van der Waals surface area contributed by atoms with Crippen LogP contribution in [0, 0.1) is 0 Å². The van der Waals surface area contributed by atoms with E-state index in [-0.39, 0.29) is 5.91 Å². The van der Waals surface area contributed by atoms with Crippen molar-refractivity contribution in [1.82, 2.24) is 9.88 Å². The largest absolute Gasteiger partial charge is 0.492 e. The lowest BCUT2D eigenvalue weighted by Crippen LogP contribution is -2.36. The number of likely N-dealkylation sites (N-methyl/N-ethyl adjacent to an activating group) is 1. The Labute approximate surface area is 178 Å². The van der Waals surface area contributed by atoms with Gasteiger partial charge in [0.15, 0.2) is 5.13 Å². The second-order valence-corrected chi connectivity index (χ2v) is 8.27. The summed E-state index contributed by atoms with van der Waals surface area (Å²) >= 11 is 13.7. The van der Waals surface area contributed by atoms with Crippen molar-refractivity contribution in [1.29, 1.82) is 0 Å². The van der Waals surface area contributed by atoms with Crippen molar-refractivity contribution in [3.63, 3.8) is 0 Å². The Morgan fingerprint density at radius 3 is 2.64 bits per heavy atom. The molecule has 8 heteroatoms. The van der Waals surface area contributed by atoms with Gasteiger partial charge in [0.25, 0.3) is 5.91 Å². The molecule has 0 aliphatic carbocycles. The molecule has 3 aromatic rings. The highest BCUT2D eigenvalue weighted by Gasteiger charge is 2.24. The highest BCUT2D eigenvalue weighted by Crippen LogP contribution is 2.35. The molecule has 0 radical (unpaired) electrons. The summed E-state index contributed by atoms with van der Waals surface area (Å²) < 4.78 is 6.65. The number of hydrogen-bond acceptors (Lipinski definition) is 5. The van der Waals surface area contributed by atoms with Crippen LogP contribution in [0.25, 0.3) is 10.2 Å². The minimum atomic E-state index is -0.208. The Morgan fingerprint density at radius 1 is 1.18 bits per heavy atom. The molecule has 0 bridgehead atoms. The van der Waals surface area contributed by atoms with Crippen LogP contribution in [0.4, 0.5) is 5.13 Å². The zero-order valence-corrected chi connectivity index (χ0v) is 18.2. The van der Waals surface area contributed by atoms with E-state index in [0.29, 0.717) is 46.2 Å². The highest BCUT2D eigenvalue weighted by molar-refractivity contribution is 7.22. The SMILES string of the molecule is CCOc1cccc2sc(N(CCN(C)C)C(=O)c3ccc(Cl)cc3Cl)nc12. The molecule has 0 atom stereocenters. The second kappa shape index (κ2) is 9.09. The number of rotatable bonds is 7. The lowest BCUT2D eigenvalue weighted by Gasteiger charge is -2.22. The van der Waals surface area contributed by atoms with Gasteiger partial charge in [-0.3, -0.25) is 9.69 Å². The maximum Gasteiger partial charge on any atom is 0.261 e. The van der Waals surface area contributed by atoms with Gasteiger partial charge in [-0.2, -0.15) is 0 Å². The number of benzene rings is 2. The maximum atomic E-state index is 13.3. The van der Waals surface area contributed by atoms with Gasteiger partial charge >= 0.3 is 0 Å². The zero-order valence-electron chi connectivity index (χ0n) is 15.9. The van der Waals surface area contributed by atoms with E-state index >= 15 is 0 Å². The third kappa shape index (κ3) is 4.58. The maximum absolute atomic E-state index is 13.3. The minimum absolute atomic E-state index is 0.208. The number of amides is 1. The van der Waals surface area contributed by atoms with E-state index in [9.17, 15) is 4.79 Å². The molecule has 1 amide bonds. The average Bonchev–Trinajstić information content (AvgIpc) is 3.06. The van der Waals surface area contributed by atoms with E-state index in [1.807, 2.05) is 44.1 Å². The Morgan fingerprint density at radius 2 is 1.96 bits per heavy atom. The lowest BCUT2D eigenvalue weighted by molar-refractivity contribution is 0.0985. The molecule has 28 heavy (non-hydrogen) atoms. The summed E-state index contributed by atoms with van der Waals surface area (Å²) in [7, 11) is 3.92. The Balaban J connectivity index is 2.03. The van der Waals surface area contributed by atoms with Crippen LogP contribution in [0.1, 0.15) is 17.3 Å². The number of anilines is 1. The van der Waals surface area contributed by atoms with Gasteiger partial charge in [-0.25, -0.2) is 4.98 Å². The molecule has 1 heterocycles.